The molecule has 27 heavy (non-hydrogen) atoms. The van der Waals surface area contributed by atoms with E-state index in [9.17, 15) is 13.5 Å². The molecule has 1 N–H and O–H groups in total. The summed E-state index contributed by atoms with van der Waals surface area (Å²) < 4.78 is 43.4. The van der Waals surface area contributed by atoms with E-state index < -0.39 is 40.2 Å². The molecule has 1 aliphatic heterocycles. The van der Waals surface area contributed by atoms with Crippen LogP contribution in [0.1, 0.15) is 11.1 Å². The molecule has 0 spiro atoms. The number of hydrogen-bond donors (Lipinski definition) is 1. The van der Waals surface area contributed by atoms with Crippen molar-refractivity contribution in [3.8, 4) is 0 Å². The van der Waals surface area contributed by atoms with Crippen LogP contribution in [0.5, 0.6) is 0 Å². The zero-order chi connectivity index (χ0) is 19.4. The molecule has 0 bridgehead atoms. The Labute approximate surface area is 159 Å². The van der Waals surface area contributed by atoms with Crippen molar-refractivity contribution in [2.24, 2.45) is 0 Å². The lowest BCUT2D eigenvalue weighted by Crippen LogP contribution is -2.43. The highest BCUT2D eigenvalue weighted by atomic mass is 32.2. The fraction of sp³-hybridized carbons (Fsp3) is 0.400. The van der Waals surface area contributed by atoms with Crippen LogP contribution in [0.25, 0.3) is 0 Å². The van der Waals surface area contributed by atoms with Crippen molar-refractivity contribution in [2.75, 3.05) is 13.7 Å². The minimum Gasteiger partial charge on any atom is -0.394 e. The Hall–Kier alpha value is -1.77. The van der Waals surface area contributed by atoms with Crippen molar-refractivity contribution >= 4 is 9.84 Å². The van der Waals surface area contributed by atoms with Crippen LogP contribution >= 0.6 is 0 Å². The second-order valence-corrected chi connectivity index (χ2v) is 8.65. The molecule has 1 aliphatic rings. The van der Waals surface area contributed by atoms with Gasteiger partial charge in [-0.1, -0.05) is 48.0 Å². The molecule has 146 valence electrons. The third-order valence-electron chi connectivity index (χ3n) is 4.67. The first-order valence-corrected chi connectivity index (χ1v) is 10.3. The van der Waals surface area contributed by atoms with Crippen LogP contribution in [0.3, 0.4) is 0 Å². The van der Waals surface area contributed by atoms with E-state index in [-0.39, 0.29) is 11.5 Å². The quantitative estimate of drug-likeness (QED) is 0.777. The average Bonchev–Trinajstić information content (AvgIpc) is 3.06. The molecule has 3 rings (SSSR count). The summed E-state index contributed by atoms with van der Waals surface area (Å²) in [7, 11) is -2.37. The molecule has 2 aromatic rings. The van der Waals surface area contributed by atoms with E-state index >= 15 is 0 Å². The predicted molar refractivity (Wildman–Crippen MR) is 99.9 cm³/mol. The standard InChI is InChI=1S/C20H24O6S/c1-14-8-10-16(11-9-14)27(22,23)19-17(12-21)26-20(24-2)18(19)25-13-15-6-4-3-5-7-15/h3-11,17-21H,12-13H2,1-2H3/t17-,18-,19+,20-/m1/s1. The maximum absolute atomic E-state index is 13.3. The highest BCUT2D eigenvalue weighted by Crippen LogP contribution is 2.34. The van der Waals surface area contributed by atoms with E-state index in [4.69, 9.17) is 14.2 Å². The van der Waals surface area contributed by atoms with Gasteiger partial charge in [0, 0.05) is 7.11 Å². The molecule has 0 aliphatic carbocycles. The van der Waals surface area contributed by atoms with Crippen LogP contribution in [-0.2, 0) is 30.7 Å². The van der Waals surface area contributed by atoms with Crippen LogP contribution in [0.2, 0.25) is 0 Å². The Balaban J connectivity index is 1.91. The van der Waals surface area contributed by atoms with Crippen molar-refractivity contribution < 1.29 is 27.7 Å². The van der Waals surface area contributed by atoms with Crippen LogP contribution < -0.4 is 0 Å². The third-order valence-corrected chi connectivity index (χ3v) is 6.89. The Kier molecular flexibility index (Phi) is 6.29. The number of hydrogen-bond acceptors (Lipinski definition) is 6. The van der Waals surface area contributed by atoms with Gasteiger partial charge in [-0.2, -0.15) is 0 Å². The molecule has 0 radical (unpaired) electrons. The summed E-state index contributed by atoms with van der Waals surface area (Å²) in [6.45, 7) is 1.66. The molecular formula is C20H24O6S. The fourth-order valence-electron chi connectivity index (χ4n) is 3.23. The zero-order valence-electron chi connectivity index (χ0n) is 15.3. The maximum atomic E-state index is 13.3. The first-order valence-electron chi connectivity index (χ1n) is 8.72. The van der Waals surface area contributed by atoms with Gasteiger partial charge in [-0.25, -0.2) is 8.42 Å². The summed E-state index contributed by atoms with van der Waals surface area (Å²) in [5.41, 5.74) is 1.87. The summed E-state index contributed by atoms with van der Waals surface area (Å²) in [5, 5.41) is 8.64. The highest BCUT2D eigenvalue weighted by Gasteiger charge is 2.52. The van der Waals surface area contributed by atoms with E-state index in [1.54, 1.807) is 24.3 Å². The first kappa shape index (κ1) is 20.0. The molecule has 7 heteroatoms. The summed E-state index contributed by atoms with van der Waals surface area (Å²) in [4.78, 5) is 0.171. The van der Waals surface area contributed by atoms with Gasteiger partial charge < -0.3 is 19.3 Å². The SMILES string of the molecule is CO[C@@H]1O[C@H](CO)[C@H](S(=O)(=O)c2ccc(C)cc2)[C@H]1OCc1ccccc1. The number of rotatable bonds is 7. The van der Waals surface area contributed by atoms with Gasteiger partial charge in [-0.15, -0.1) is 0 Å². The van der Waals surface area contributed by atoms with Crippen molar-refractivity contribution in [2.45, 2.75) is 42.2 Å². The first-order chi connectivity index (χ1) is 13.0. The fourth-order valence-corrected chi connectivity index (χ4v) is 5.17. The molecule has 2 aromatic carbocycles. The largest absolute Gasteiger partial charge is 0.394 e. The van der Waals surface area contributed by atoms with Gasteiger partial charge in [0.2, 0.25) is 0 Å². The van der Waals surface area contributed by atoms with Gasteiger partial charge >= 0.3 is 0 Å². The molecule has 1 saturated heterocycles. The van der Waals surface area contributed by atoms with Gasteiger partial charge in [-0.05, 0) is 24.6 Å². The minimum absolute atomic E-state index is 0.171. The second-order valence-electron chi connectivity index (χ2n) is 6.55. The van der Waals surface area contributed by atoms with Crippen molar-refractivity contribution in [3.63, 3.8) is 0 Å². The van der Waals surface area contributed by atoms with Crippen LogP contribution in [-0.4, -0.2) is 51.0 Å². The lowest BCUT2D eigenvalue weighted by atomic mass is 10.2. The van der Waals surface area contributed by atoms with Gasteiger partial charge in [0.25, 0.3) is 0 Å². The second kappa shape index (κ2) is 8.50. The lowest BCUT2D eigenvalue weighted by molar-refractivity contribution is -0.167. The summed E-state index contributed by atoms with van der Waals surface area (Å²) in [5.74, 6) is 0. The summed E-state index contributed by atoms with van der Waals surface area (Å²) in [6.07, 6.45) is -2.67. The Morgan fingerprint density at radius 1 is 1.07 bits per heavy atom. The molecule has 0 amide bonds. The number of methoxy groups -OCH3 is 1. The predicted octanol–water partition coefficient (Wildman–Crippen LogP) is 2.09. The number of aliphatic hydroxyl groups is 1. The number of aliphatic hydroxyl groups excluding tert-OH is 1. The van der Waals surface area contributed by atoms with Gasteiger partial charge in [-0.3, -0.25) is 0 Å². The monoisotopic (exact) mass is 392 g/mol. The smallest absolute Gasteiger partial charge is 0.186 e. The Morgan fingerprint density at radius 2 is 1.74 bits per heavy atom. The molecule has 1 heterocycles. The van der Waals surface area contributed by atoms with E-state index in [0.717, 1.165) is 11.1 Å². The number of sulfone groups is 1. The highest BCUT2D eigenvalue weighted by molar-refractivity contribution is 7.92. The average molecular weight is 392 g/mol. The van der Waals surface area contributed by atoms with E-state index in [1.807, 2.05) is 37.3 Å². The Bertz CT molecular complexity index is 835. The van der Waals surface area contributed by atoms with Crippen molar-refractivity contribution in [3.05, 3.63) is 65.7 Å². The lowest BCUT2D eigenvalue weighted by Gasteiger charge is -2.24. The summed E-state index contributed by atoms with van der Waals surface area (Å²) >= 11 is 0. The van der Waals surface area contributed by atoms with Crippen LogP contribution in [0.4, 0.5) is 0 Å². The van der Waals surface area contributed by atoms with Crippen LogP contribution in [0.15, 0.2) is 59.5 Å². The van der Waals surface area contributed by atoms with E-state index in [1.165, 1.54) is 7.11 Å². The number of ether oxygens (including phenoxy) is 3. The van der Waals surface area contributed by atoms with E-state index in [2.05, 4.69) is 0 Å². The Morgan fingerprint density at radius 3 is 2.33 bits per heavy atom. The normalized spacial score (nSPS) is 25.6. The van der Waals surface area contributed by atoms with Crippen molar-refractivity contribution in [1.82, 2.24) is 0 Å². The molecule has 6 nitrogen and oxygen atoms in total. The maximum Gasteiger partial charge on any atom is 0.186 e. The van der Waals surface area contributed by atoms with Crippen LogP contribution in [0, 0.1) is 6.92 Å². The number of aryl methyl sites for hydroxylation is 1. The van der Waals surface area contributed by atoms with Gasteiger partial charge in [0.1, 0.15) is 17.5 Å². The van der Waals surface area contributed by atoms with Crippen molar-refractivity contribution in [1.29, 1.82) is 0 Å². The number of benzene rings is 2. The molecule has 0 saturated carbocycles. The minimum atomic E-state index is -3.80. The molecule has 1 fully saturated rings. The molecule has 0 unspecified atom stereocenters. The van der Waals surface area contributed by atoms with E-state index in [0.29, 0.717) is 0 Å². The van der Waals surface area contributed by atoms with Gasteiger partial charge in [0.05, 0.1) is 18.1 Å². The summed E-state index contributed by atoms with van der Waals surface area (Å²) in [6, 6.07) is 16.1. The zero-order valence-corrected chi connectivity index (χ0v) is 16.1. The van der Waals surface area contributed by atoms with Gasteiger partial charge in [0.15, 0.2) is 16.1 Å². The molecule has 0 aromatic heterocycles. The molecule has 4 atom stereocenters. The molecular weight excluding hydrogens is 368 g/mol. The topological polar surface area (TPSA) is 82.1 Å². The third kappa shape index (κ3) is 4.23.